The first-order valence-electron chi connectivity index (χ1n) is 7.86. The van der Waals surface area contributed by atoms with Gasteiger partial charge in [-0.25, -0.2) is 4.98 Å². The van der Waals surface area contributed by atoms with E-state index in [4.69, 9.17) is 0 Å². The minimum atomic E-state index is -0.948. The molecule has 138 valence electrons. The van der Waals surface area contributed by atoms with Crippen LogP contribution in [0.4, 0.5) is 15.8 Å². The molecule has 1 N–H and O–H groups in total. The third-order valence-corrected chi connectivity index (χ3v) is 5.68. The Balaban J connectivity index is 1.65. The van der Waals surface area contributed by atoms with Crippen molar-refractivity contribution in [1.29, 1.82) is 0 Å². The number of nitrogens with one attached hydrogen (secondary N) is 1. The molecule has 0 fully saturated rings. The Labute approximate surface area is 162 Å². The molecule has 0 spiro atoms. The highest BCUT2D eigenvalue weighted by Gasteiger charge is 2.19. The van der Waals surface area contributed by atoms with Crippen LogP contribution < -0.4 is 5.32 Å². The highest BCUT2D eigenvalue weighted by molar-refractivity contribution is 8.02. The molecule has 1 aromatic heterocycles. The number of nitro groups is 1. The summed E-state index contributed by atoms with van der Waals surface area (Å²) < 4.78 is 14.1. The van der Waals surface area contributed by atoms with E-state index in [0.717, 1.165) is 27.7 Å². The van der Waals surface area contributed by atoms with Crippen LogP contribution in [0.1, 0.15) is 6.92 Å². The van der Waals surface area contributed by atoms with Gasteiger partial charge in [0, 0.05) is 22.7 Å². The zero-order valence-electron chi connectivity index (χ0n) is 14.1. The number of hydrogen-bond acceptors (Lipinski definition) is 6. The topological polar surface area (TPSA) is 85.1 Å². The number of thioether (sulfide) groups is 1. The minimum absolute atomic E-state index is 0.171. The summed E-state index contributed by atoms with van der Waals surface area (Å²) in [5, 5.41) is 14.8. The van der Waals surface area contributed by atoms with E-state index in [1.165, 1.54) is 29.2 Å². The third-order valence-electron chi connectivity index (χ3n) is 3.61. The highest BCUT2D eigenvalue weighted by Crippen LogP contribution is 2.31. The molecule has 6 nitrogen and oxygen atoms in total. The summed E-state index contributed by atoms with van der Waals surface area (Å²) in [7, 11) is 0. The van der Waals surface area contributed by atoms with Crippen molar-refractivity contribution in [3.63, 3.8) is 0 Å². The van der Waals surface area contributed by atoms with Gasteiger partial charge in [-0.2, -0.15) is 4.39 Å². The normalized spacial score (nSPS) is 11.8. The molecule has 0 bridgehead atoms. The molecule has 2 aromatic carbocycles. The molecule has 0 aliphatic heterocycles. The molecule has 27 heavy (non-hydrogen) atoms. The van der Waals surface area contributed by atoms with Crippen molar-refractivity contribution in [2.24, 2.45) is 0 Å². The van der Waals surface area contributed by atoms with Crippen molar-refractivity contribution >= 4 is 40.4 Å². The molecule has 0 saturated heterocycles. The van der Waals surface area contributed by atoms with Gasteiger partial charge < -0.3 is 5.32 Å². The molecule has 0 aliphatic carbocycles. The quantitative estimate of drug-likeness (QED) is 0.357. The van der Waals surface area contributed by atoms with Crippen molar-refractivity contribution < 1.29 is 14.1 Å². The lowest BCUT2D eigenvalue weighted by atomic mass is 10.2. The second-order valence-corrected chi connectivity index (χ2v) is 7.98. The summed E-state index contributed by atoms with van der Waals surface area (Å²) >= 11 is 2.73. The number of carbonyl (C=O) groups excluding carboxylic acids is 1. The predicted octanol–water partition coefficient (Wildman–Crippen LogP) is 4.98. The Bertz CT molecular complexity index is 979. The Morgan fingerprint density at radius 3 is 2.74 bits per heavy atom. The van der Waals surface area contributed by atoms with E-state index >= 15 is 0 Å². The first-order chi connectivity index (χ1) is 12.9. The van der Waals surface area contributed by atoms with Crippen LogP contribution in [0.2, 0.25) is 0 Å². The molecule has 3 aromatic rings. The summed E-state index contributed by atoms with van der Waals surface area (Å²) in [6, 6.07) is 13.0. The number of rotatable bonds is 6. The maximum absolute atomic E-state index is 13.4. The van der Waals surface area contributed by atoms with E-state index in [0.29, 0.717) is 0 Å². The van der Waals surface area contributed by atoms with Gasteiger partial charge in [0.25, 0.3) is 0 Å². The SMILES string of the molecule is C[C@@H](Sc1nc(-c2ccccc2)cs1)C(=O)Nc1ccc(F)c([N+](=O)[O-])c1. The monoisotopic (exact) mass is 403 g/mol. The standard InChI is InChI=1S/C18H14FN3O3S2/c1-11(17(23)20-13-7-8-14(19)16(9-13)22(24)25)27-18-21-15(10-26-18)12-5-3-2-4-6-12/h2-11H,1H3,(H,20,23)/t11-/m1/s1. The molecule has 1 atom stereocenters. The van der Waals surface area contributed by atoms with Crippen molar-refractivity contribution in [3.8, 4) is 11.3 Å². The van der Waals surface area contributed by atoms with E-state index in [2.05, 4.69) is 10.3 Å². The van der Waals surface area contributed by atoms with Crippen LogP contribution in [0.25, 0.3) is 11.3 Å². The van der Waals surface area contributed by atoms with Crippen LogP contribution in [-0.2, 0) is 4.79 Å². The minimum Gasteiger partial charge on any atom is -0.325 e. The summed E-state index contributed by atoms with van der Waals surface area (Å²) in [4.78, 5) is 26.8. The third kappa shape index (κ3) is 4.69. The Kier molecular flexibility index (Phi) is 5.82. The second kappa shape index (κ2) is 8.28. The number of hydrogen-bond donors (Lipinski definition) is 1. The molecular weight excluding hydrogens is 389 g/mol. The number of halogens is 1. The lowest BCUT2D eigenvalue weighted by Crippen LogP contribution is -2.22. The van der Waals surface area contributed by atoms with Crippen LogP contribution in [-0.4, -0.2) is 21.1 Å². The zero-order valence-corrected chi connectivity index (χ0v) is 15.7. The first-order valence-corrected chi connectivity index (χ1v) is 9.62. The van der Waals surface area contributed by atoms with Gasteiger partial charge in [0.2, 0.25) is 11.7 Å². The van der Waals surface area contributed by atoms with E-state index in [1.807, 2.05) is 35.7 Å². The van der Waals surface area contributed by atoms with Crippen LogP contribution in [0.3, 0.4) is 0 Å². The molecule has 3 rings (SSSR count). The van der Waals surface area contributed by atoms with Crippen molar-refractivity contribution in [1.82, 2.24) is 4.98 Å². The molecule has 1 amide bonds. The molecule has 0 saturated carbocycles. The fourth-order valence-corrected chi connectivity index (χ4v) is 4.20. The van der Waals surface area contributed by atoms with Crippen LogP contribution in [0.5, 0.6) is 0 Å². The Hall–Kier alpha value is -2.78. The predicted molar refractivity (Wildman–Crippen MR) is 105 cm³/mol. The van der Waals surface area contributed by atoms with E-state index in [-0.39, 0.29) is 11.6 Å². The lowest BCUT2D eigenvalue weighted by Gasteiger charge is -2.10. The Morgan fingerprint density at radius 1 is 1.30 bits per heavy atom. The summed E-state index contributed by atoms with van der Waals surface area (Å²) in [6.45, 7) is 1.71. The van der Waals surface area contributed by atoms with E-state index < -0.39 is 21.7 Å². The molecular formula is C18H14FN3O3S2. The maximum Gasteiger partial charge on any atom is 0.306 e. The average Bonchev–Trinajstić information content (AvgIpc) is 3.12. The number of nitro benzene ring substituents is 1. The van der Waals surface area contributed by atoms with Crippen LogP contribution in [0.15, 0.2) is 58.3 Å². The summed E-state index contributed by atoms with van der Waals surface area (Å²) in [6.07, 6.45) is 0. The van der Waals surface area contributed by atoms with Gasteiger partial charge in [-0.05, 0) is 19.1 Å². The van der Waals surface area contributed by atoms with Gasteiger partial charge in [-0.1, -0.05) is 42.1 Å². The fourth-order valence-electron chi connectivity index (χ4n) is 2.23. The van der Waals surface area contributed by atoms with Crippen molar-refractivity contribution in [2.75, 3.05) is 5.32 Å². The number of carbonyl (C=O) groups is 1. The number of amides is 1. The van der Waals surface area contributed by atoms with Crippen LogP contribution >= 0.6 is 23.1 Å². The van der Waals surface area contributed by atoms with E-state index in [1.54, 1.807) is 6.92 Å². The maximum atomic E-state index is 13.4. The Morgan fingerprint density at radius 2 is 2.04 bits per heavy atom. The average molecular weight is 403 g/mol. The van der Waals surface area contributed by atoms with Crippen molar-refractivity contribution in [2.45, 2.75) is 16.5 Å². The zero-order chi connectivity index (χ0) is 19.4. The number of nitrogens with zero attached hydrogens (tertiary/aromatic N) is 2. The molecule has 1 heterocycles. The van der Waals surface area contributed by atoms with E-state index in [9.17, 15) is 19.3 Å². The molecule has 0 aliphatic rings. The molecule has 9 heteroatoms. The van der Waals surface area contributed by atoms with Gasteiger partial charge in [0.15, 0.2) is 4.34 Å². The second-order valence-electron chi connectivity index (χ2n) is 5.54. The molecule has 0 unspecified atom stereocenters. The number of benzene rings is 2. The summed E-state index contributed by atoms with van der Waals surface area (Å²) in [5.74, 6) is -1.30. The van der Waals surface area contributed by atoms with Gasteiger partial charge in [-0.3, -0.25) is 14.9 Å². The summed E-state index contributed by atoms with van der Waals surface area (Å²) in [5.41, 5.74) is 1.33. The van der Waals surface area contributed by atoms with Gasteiger partial charge in [0.1, 0.15) is 0 Å². The number of aromatic nitrogens is 1. The van der Waals surface area contributed by atoms with Crippen LogP contribution in [0, 0.1) is 15.9 Å². The number of anilines is 1. The number of thiazole rings is 1. The largest absolute Gasteiger partial charge is 0.325 e. The van der Waals surface area contributed by atoms with Gasteiger partial charge >= 0.3 is 5.69 Å². The lowest BCUT2D eigenvalue weighted by molar-refractivity contribution is -0.387. The molecule has 0 radical (unpaired) electrons. The van der Waals surface area contributed by atoms with Crippen molar-refractivity contribution in [3.05, 3.63) is 69.8 Å². The smallest absolute Gasteiger partial charge is 0.306 e. The first kappa shape index (κ1) is 19.0. The fraction of sp³-hybridized carbons (Fsp3) is 0.111. The van der Waals surface area contributed by atoms with Gasteiger partial charge in [-0.15, -0.1) is 11.3 Å². The highest BCUT2D eigenvalue weighted by atomic mass is 32.2. The van der Waals surface area contributed by atoms with Gasteiger partial charge in [0.05, 0.1) is 15.9 Å².